The Kier molecular flexibility index (Phi) is 6.30. The van der Waals surface area contributed by atoms with Gasteiger partial charge in [-0.3, -0.25) is 9.59 Å². The maximum absolute atomic E-state index is 12.3. The lowest BCUT2D eigenvalue weighted by Crippen LogP contribution is -2.43. The van der Waals surface area contributed by atoms with Gasteiger partial charge in [0, 0.05) is 24.7 Å². The molecule has 1 aliphatic heterocycles. The van der Waals surface area contributed by atoms with Crippen LogP contribution in [0, 0.1) is 0 Å². The van der Waals surface area contributed by atoms with Crippen LogP contribution in [0.2, 0.25) is 0 Å². The number of carbonyl (C=O) groups excluding carboxylic acids is 3. The van der Waals surface area contributed by atoms with Crippen LogP contribution in [0.3, 0.4) is 0 Å². The van der Waals surface area contributed by atoms with Crippen LogP contribution in [0.4, 0.5) is 16.2 Å². The van der Waals surface area contributed by atoms with E-state index in [1.165, 1.54) is 7.11 Å². The van der Waals surface area contributed by atoms with Gasteiger partial charge in [0.1, 0.15) is 17.4 Å². The lowest BCUT2D eigenvalue weighted by atomic mass is 10.2. The van der Waals surface area contributed by atoms with Gasteiger partial charge < -0.3 is 25.0 Å². The molecular formula is C19H27N3O5. The van der Waals surface area contributed by atoms with Gasteiger partial charge in [-0.1, -0.05) is 0 Å². The molecule has 2 N–H and O–H groups in total. The van der Waals surface area contributed by atoms with Crippen molar-refractivity contribution in [2.24, 2.45) is 0 Å². The third-order valence-electron chi connectivity index (χ3n) is 3.94. The Morgan fingerprint density at radius 3 is 2.52 bits per heavy atom. The van der Waals surface area contributed by atoms with E-state index in [9.17, 15) is 14.4 Å². The molecule has 1 atom stereocenters. The van der Waals surface area contributed by atoms with E-state index < -0.39 is 23.6 Å². The number of benzene rings is 1. The first kappa shape index (κ1) is 20.5. The second kappa shape index (κ2) is 8.28. The normalized spacial score (nSPS) is 15.3. The average molecular weight is 377 g/mol. The highest BCUT2D eigenvalue weighted by Gasteiger charge is 2.25. The first-order valence-corrected chi connectivity index (χ1v) is 8.89. The predicted octanol–water partition coefficient (Wildman–Crippen LogP) is 2.67. The van der Waals surface area contributed by atoms with Crippen LogP contribution in [0.5, 0.6) is 5.75 Å². The van der Waals surface area contributed by atoms with Crippen molar-refractivity contribution in [2.45, 2.75) is 52.2 Å². The number of ether oxygens (including phenoxy) is 2. The zero-order chi connectivity index (χ0) is 20.2. The van der Waals surface area contributed by atoms with Crippen molar-refractivity contribution in [2.75, 3.05) is 23.9 Å². The minimum atomic E-state index is -0.786. The summed E-state index contributed by atoms with van der Waals surface area (Å²) in [6, 6.07) is 4.30. The van der Waals surface area contributed by atoms with E-state index in [2.05, 4.69) is 10.6 Å². The molecule has 1 fully saturated rings. The van der Waals surface area contributed by atoms with E-state index in [-0.39, 0.29) is 5.91 Å². The summed E-state index contributed by atoms with van der Waals surface area (Å²) < 4.78 is 10.5. The standard InChI is InChI=1S/C19H27N3O5/c1-12(20-18(25)27-19(2,3)4)17(24)21-13-8-9-14(15(11-13)26-5)22-10-6-7-16(22)23/h8-9,11-12H,6-7,10H2,1-5H3,(H,20,25)(H,21,24)/t12-/m1/s1. The van der Waals surface area contributed by atoms with Crippen molar-refractivity contribution >= 4 is 29.3 Å². The first-order valence-electron chi connectivity index (χ1n) is 8.89. The Labute approximate surface area is 159 Å². The number of hydrogen-bond acceptors (Lipinski definition) is 5. The van der Waals surface area contributed by atoms with E-state index in [1.807, 2.05) is 0 Å². The number of nitrogens with zero attached hydrogens (tertiary/aromatic N) is 1. The number of alkyl carbamates (subject to hydrolysis) is 1. The number of rotatable bonds is 5. The molecule has 0 spiro atoms. The Balaban J connectivity index is 2.03. The predicted molar refractivity (Wildman–Crippen MR) is 102 cm³/mol. The monoisotopic (exact) mass is 377 g/mol. The molecule has 3 amide bonds. The first-order chi connectivity index (χ1) is 12.6. The van der Waals surface area contributed by atoms with E-state index in [0.717, 1.165) is 6.42 Å². The molecule has 0 aliphatic carbocycles. The molecule has 0 radical (unpaired) electrons. The molecule has 1 heterocycles. The van der Waals surface area contributed by atoms with Crippen molar-refractivity contribution in [1.82, 2.24) is 5.32 Å². The third kappa shape index (κ3) is 5.60. The topological polar surface area (TPSA) is 97.0 Å². The Morgan fingerprint density at radius 1 is 1.26 bits per heavy atom. The van der Waals surface area contributed by atoms with Gasteiger partial charge in [-0.05, 0) is 46.2 Å². The van der Waals surface area contributed by atoms with Crippen LogP contribution in [0.25, 0.3) is 0 Å². The second-order valence-corrected chi connectivity index (χ2v) is 7.39. The maximum Gasteiger partial charge on any atom is 0.408 e. The molecule has 0 aromatic heterocycles. The van der Waals surface area contributed by atoms with Crippen LogP contribution in [0.1, 0.15) is 40.5 Å². The molecule has 0 bridgehead atoms. The van der Waals surface area contributed by atoms with Gasteiger partial charge in [-0.15, -0.1) is 0 Å². The summed E-state index contributed by atoms with van der Waals surface area (Å²) in [5.74, 6) is 0.156. The number of amides is 3. The van der Waals surface area contributed by atoms with Crippen molar-refractivity contribution in [3.8, 4) is 5.75 Å². The van der Waals surface area contributed by atoms with Crippen molar-refractivity contribution in [1.29, 1.82) is 0 Å². The Bertz CT molecular complexity index is 727. The molecule has 2 rings (SSSR count). The Morgan fingerprint density at radius 2 is 1.96 bits per heavy atom. The molecule has 148 valence electrons. The van der Waals surface area contributed by atoms with Crippen LogP contribution < -0.4 is 20.3 Å². The average Bonchev–Trinajstić information content (AvgIpc) is 2.98. The number of hydrogen-bond donors (Lipinski definition) is 2. The smallest absolute Gasteiger partial charge is 0.408 e. The highest BCUT2D eigenvalue weighted by atomic mass is 16.6. The Hall–Kier alpha value is -2.77. The van der Waals surface area contributed by atoms with Crippen LogP contribution in [0.15, 0.2) is 18.2 Å². The molecule has 1 saturated heterocycles. The van der Waals surface area contributed by atoms with Gasteiger partial charge in [0.15, 0.2) is 0 Å². The van der Waals surface area contributed by atoms with Gasteiger partial charge >= 0.3 is 6.09 Å². The van der Waals surface area contributed by atoms with E-state index >= 15 is 0 Å². The largest absolute Gasteiger partial charge is 0.494 e. The van der Waals surface area contributed by atoms with Gasteiger partial charge in [-0.25, -0.2) is 4.79 Å². The summed E-state index contributed by atoms with van der Waals surface area (Å²) in [5, 5.41) is 5.21. The van der Waals surface area contributed by atoms with Gasteiger partial charge in [0.05, 0.1) is 12.8 Å². The molecule has 8 nitrogen and oxygen atoms in total. The van der Waals surface area contributed by atoms with Gasteiger partial charge in [0.2, 0.25) is 11.8 Å². The second-order valence-electron chi connectivity index (χ2n) is 7.39. The summed E-state index contributed by atoms with van der Waals surface area (Å²) in [4.78, 5) is 37.7. The lowest BCUT2D eigenvalue weighted by molar-refractivity contribution is -0.118. The molecular weight excluding hydrogens is 350 g/mol. The van der Waals surface area contributed by atoms with Crippen LogP contribution >= 0.6 is 0 Å². The molecule has 0 saturated carbocycles. The fourth-order valence-corrected chi connectivity index (χ4v) is 2.68. The van der Waals surface area contributed by atoms with Crippen molar-refractivity contribution in [3.63, 3.8) is 0 Å². The summed E-state index contributed by atoms with van der Waals surface area (Å²) in [5.41, 5.74) is 0.541. The fourth-order valence-electron chi connectivity index (χ4n) is 2.68. The van der Waals surface area contributed by atoms with E-state index in [0.29, 0.717) is 30.1 Å². The van der Waals surface area contributed by atoms with Crippen LogP contribution in [-0.2, 0) is 14.3 Å². The molecule has 27 heavy (non-hydrogen) atoms. The highest BCUT2D eigenvalue weighted by molar-refractivity contribution is 5.99. The van der Waals surface area contributed by atoms with Crippen LogP contribution in [-0.4, -0.2) is 43.2 Å². The zero-order valence-electron chi connectivity index (χ0n) is 16.4. The summed E-state index contributed by atoms with van der Waals surface area (Å²) in [6.07, 6.45) is 0.676. The van der Waals surface area contributed by atoms with E-state index in [1.54, 1.807) is 50.8 Å². The maximum atomic E-state index is 12.3. The summed E-state index contributed by atoms with van der Waals surface area (Å²) >= 11 is 0. The SMILES string of the molecule is COc1cc(NC(=O)[C@@H](C)NC(=O)OC(C)(C)C)ccc1N1CCCC1=O. The van der Waals surface area contributed by atoms with Gasteiger partial charge in [-0.2, -0.15) is 0 Å². The number of nitrogens with one attached hydrogen (secondary N) is 2. The lowest BCUT2D eigenvalue weighted by Gasteiger charge is -2.22. The fraction of sp³-hybridized carbons (Fsp3) is 0.526. The minimum absolute atomic E-state index is 0.0558. The number of methoxy groups -OCH3 is 1. The minimum Gasteiger partial charge on any atom is -0.494 e. The quantitative estimate of drug-likeness (QED) is 0.822. The molecule has 1 aromatic carbocycles. The molecule has 1 aromatic rings. The van der Waals surface area contributed by atoms with Crippen molar-refractivity contribution < 1.29 is 23.9 Å². The summed E-state index contributed by atoms with van der Waals surface area (Å²) in [6.45, 7) is 7.45. The number of carbonyl (C=O) groups is 3. The van der Waals surface area contributed by atoms with Crippen molar-refractivity contribution in [3.05, 3.63) is 18.2 Å². The zero-order valence-corrected chi connectivity index (χ0v) is 16.4. The molecule has 0 unspecified atom stereocenters. The molecule has 1 aliphatic rings. The van der Waals surface area contributed by atoms with Gasteiger partial charge in [0.25, 0.3) is 0 Å². The van der Waals surface area contributed by atoms with E-state index in [4.69, 9.17) is 9.47 Å². The third-order valence-corrected chi connectivity index (χ3v) is 3.94. The summed E-state index contributed by atoms with van der Waals surface area (Å²) in [7, 11) is 1.51. The molecule has 8 heteroatoms. The highest BCUT2D eigenvalue weighted by Crippen LogP contribution is 2.33. The number of anilines is 2.